The van der Waals surface area contributed by atoms with Crippen LogP contribution in [-0.2, 0) is 4.79 Å². The quantitative estimate of drug-likeness (QED) is 0.768. The molecule has 0 aromatic carbocycles. The first kappa shape index (κ1) is 14.5. The van der Waals surface area contributed by atoms with Gasteiger partial charge in [-0.05, 0) is 51.2 Å². The molecule has 1 heterocycles. The molecule has 1 rings (SSSR count). The third-order valence-electron chi connectivity index (χ3n) is 3.92. The molecular formula is C13H26N2O2. The molecule has 1 aliphatic heterocycles. The average Bonchev–Trinajstić information content (AvgIpc) is 2.26. The summed E-state index contributed by atoms with van der Waals surface area (Å²) in [5.41, 5.74) is 0.103. The Morgan fingerprint density at radius 2 is 2.00 bits per heavy atom. The van der Waals surface area contributed by atoms with Crippen LogP contribution in [0.3, 0.4) is 0 Å². The van der Waals surface area contributed by atoms with Gasteiger partial charge in [0.15, 0.2) is 0 Å². The summed E-state index contributed by atoms with van der Waals surface area (Å²) in [6.07, 6.45) is 1.46. The summed E-state index contributed by atoms with van der Waals surface area (Å²) in [4.78, 5) is 13.7. The van der Waals surface area contributed by atoms with E-state index in [4.69, 9.17) is 5.11 Å². The maximum absolute atomic E-state index is 11.4. The Morgan fingerprint density at radius 3 is 2.47 bits per heavy atom. The summed E-state index contributed by atoms with van der Waals surface area (Å²) in [5.74, 6) is 0.374. The summed E-state index contributed by atoms with van der Waals surface area (Å²) in [6, 6.07) is 0. The first-order chi connectivity index (χ1) is 7.83. The molecule has 2 N–H and O–H groups in total. The maximum atomic E-state index is 11.4. The van der Waals surface area contributed by atoms with Gasteiger partial charge < -0.3 is 15.3 Å². The van der Waals surface area contributed by atoms with E-state index in [1.165, 1.54) is 19.8 Å². The summed E-state index contributed by atoms with van der Waals surface area (Å²) in [5, 5.41) is 12.0. The number of carbonyl (C=O) groups is 1. The summed E-state index contributed by atoms with van der Waals surface area (Å²) >= 11 is 0. The van der Waals surface area contributed by atoms with E-state index in [9.17, 15) is 4.79 Å². The number of nitrogens with one attached hydrogen (secondary N) is 1. The second-order valence-electron chi connectivity index (χ2n) is 5.96. The Bertz CT molecular complexity index is 256. The van der Waals surface area contributed by atoms with E-state index < -0.39 is 6.10 Å². The van der Waals surface area contributed by atoms with E-state index in [0.29, 0.717) is 12.5 Å². The van der Waals surface area contributed by atoms with Gasteiger partial charge in [0.1, 0.15) is 6.10 Å². The van der Waals surface area contributed by atoms with Crippen LogP contribution in [0.25, 0.3) is 0 Å². The highest BCUT2D eigenvalue weighted by Gasteiger charge is 2.32. The molecule has 17 heavy (non-hydrogen) atoms. The smallest absolute Gasteiger partial charge is 0.248 e. The molecule has 1 aliphatic rings. The van der Waals surface area contributed by atoms with Gasteiger partial charge in [-0.15, -0.1) is 0 Å². The third-order valence-corrected chi connectivity index (χ3v) is 3.92. The van der Waals surface area contributed by atoms with Crippen LogP contribution in [0.4, 0.5) is 0 Å². The zero-order valence-electron chi connectivity index (χ0n) is 11.5. The van der Waals surface area contributed by atoms with Crippen LogP contribution in [-0.4, -0.2) is 48.7 Å². The molecular weight excluding hydrogens is 216 g/mol. The van der Waals surface area contributed by atoms with E-state index in [1.807, 2.05) is 0 Å². The molecule has 1 saturated heterocycles. The van der Waals surface area contributed by atoms with Crippen molar-refractivity contribution in [2.24, 2.45) is 11.3 Å². The zero-order valence-corrected chi connectivity index (χ0v) is 11.5. The van der Waals surface area contributed by atoms with Crippen LogP contribution in [0.1, 0.15) is 33.6 Å². The summed E-state index contributed by atoms with van der Waals surface area (Å²) in [6.45, 7) is 8.82. The van der Waals surface area contributed by atoms with Crippen LogP contribution in [0.15, 0.2) is 0 Å². The molecule has 0 aromatic rings. The highest BCUT2D eigenvalue weighted by molar-refractivity contribution is 5.79. The van der Waals surface area contributed by atoms with Gasteiger partial charge in [-0.3, -0.25) is 4.79 Å². The second-order valence-corrected chi connectivity index (χ2v) is 5.96. The molecule has 1 amide bonds. The molecule has 0 radical (unpaired) electrons. The van der Waals surface area contributed by atoms with Crippen molar-refractivity contribution >= 4 is 5.91 Å². The number of piperidine rings is 1. The molecule has 0 aromatic heterocycles. The van der Waals surface area contributed by atoms with Gasteiger partial charge in [-0.25, -0.2) is 0 Å². The lowest BCUT2D eigenvalue weighted by Gasteiger charge is -2.39. The Morgan fingerprint density at radius 1 is 1.47 bits per heavy atom. The Labute approximate surface area is 104 Å². The van der Waals surface area contributed by atoms with Crippen LogP contribution < -0.4 is 5.32 Å². The minimum Gasteiger partial charge on any atom is -0.384 e. The predicted octanol–water partition coefficient (Wildman–Crippen LogP) is 0.851. The van der Waals surface area contributed by atoms with E-state index in [-0.39, 0.29) is 11.3 Å². The number of rotatable bonds is 4. The van der Waals surface area contributed by atoms with Crippen molar-refractivity contribution < 1.29 is 9.90 Å². The van der Waals surface area contributed by atoms with Gasteiger partial charge in [-0.1, -0.05) is 13.8 Å². The van der Waals surface area contributed by atoms with Crippen molar-refractivity contribution in [1.82, 2.24) is 10.2 Å². The zero-order chi connectivity index (χ0) is 13.1. The molecule has 0 spiro atoms. The SMILES string of the molecule is CC(O)C(=O)NCC(C)(C)C1CCN(C)CC1. The van der Waals surface area contributed by atoms with E-state index in [1.54, 1.807) is 0 Å². The molecule has 1 atom stereocenters. The molecule has 1 unspecified atom stereocenters. The van der Waals surface area contributed by atoms with Gasteiger partial charge in [0.2, 0.25) is 5.91 Å². The molecule has 0 aliphatic carbocycles. The normalized spacial score (nSPS) is 21.2. The van der Waals surface area contributed by atoms with Gasteiger partial charge in [0, 0.05) is 6.54 Å². The first-order valence-corrected chi connectivity index (χ1v) is 6.47. The second kappa shape index (κ2) is 5.83. The molecule has 100 valence electrons. The standard InChI is InChI=1S/C13H26N2O2/c1-10(16)12(17)14-9-13(2,3)11-5-7-15(4)8-6-11/h10-11,16H,5-9H2,1-4H3,(H,14,17). The number of carbonyl (C=O) groups excluding carboxylic acids is 1. The van der Waals surface area contributed by atoms with Crippen molar-refractivity contribution in [1.29, 1.82) is 0 Å². The van der Waals surface area contributed by atoms with E-state index >= 15 is 0 Å². The van der Waals surface area contributed by atoms with Gasteiger partial charge in [0.05, 0.1) is 0 Å². The number of hydrogen-bond donors (Lipinski definition) is 2. The molecule has 0 saturated carbocycles. The third kappa shape index (κ3) is 4.28. The monoisotopic (exact) mass is 242 g/mol. The van der Waals surface area contributed by atoms with Gasteiger partial charge in [-0.2, -0.15) is 0 Å². The highest BCUT2D eigenvalue weighted by Crippen LogP contribution is 2.34. The number of hydrogen-bond acceptors (Lipinski definition) is 3. The lowest BCUT2D eigenvalue weighted by molar-refractivity contribution is -0.129. The average molecular weight is 242 g/mol. The van der Waals surface area contributed by atoms with Crippen LogP contribution >= 0.6 is 0 Å². The van der Waals surface area contributed by atoms with Crippen molar-refractivity contribution in [3.63, 3.8) is 0 Å². The van der Waals surface area contributed by atoms with Crippen LogP contribution in [0.5, 0.6) is 0 Å². The maximum Gasteiger partial charge on any atom is 0.248 e. The molecule has 4 nitrogen and oxygen atoms in total. The number of aliphatic hydroxyl groups is 1. The lowest BCUT2D eigenvalue weighted by atomic mass is 9.73. The minimum absolute atomic E-state index is 0.103. The largest absolute Gasteiger partial charge is 0.384 e. The first-order valence-electron chi connectivity index (χ1n) is 6.47. The molecule has 4 heteroatoms. The van der Waals surface area contributed by atoms with E-state index in [2.05, 4.69) is 31.1 Å². The summed E-state index contributed by atoms with van der Waals surface area (Å²) in [7, 11) is 2.15. The highest BCUT2D eigenvalue weighted by atomic mass is 16.3. The Hall–Kier alpha value is -0.610. The van der Waals surface area contributed by atoms with Crippen molar-refractivity contribution in [3.8, 4) is 0 Å². The fourth-order valence-corrected chi connectivity index (χ4v) is 2.40. The van der Waals surface area contributed by atoms with Crippen molar-refractivity contribution in [2.75, 3.05) is 26.7 Å². The fraction of sp³-hybridized carbons (Fsp3) is 0.923. The number of nitrogens with zero attached hydrogens (tertiary/aromatic N) is 1. The van der Waals surface area contributed by atoms with Crippen molar-refractivity contribution in [2.45, 2.75) is 39.7 Å². The Balaban J connectivity index is 2.42. The van der Waals surface area contributed by atoms with Gasteiger partial charge >= 0.3 is 0 Å². The predicted molar refractivity (Wildman–Crippen MR) is 68.7 cm³/mol. The van der Waals surface area contributed by atoms with E-state index in [0.717, 1.165) is 13.1 Å². The van der Waals surface area contributed by atoms with Crippen LogP contribution in [0.2, 0.25) is 0 Å². The minimum atomic E-state index is -0.914. The van der Waals surface area contributed by atoms with Gasteiger partial charge in [0.25, 0.3) is 0 Å². The topological polar surface area (TPSA) is 52.6 Å². The number of amides is 1. The van der Waals surface area contributed by atoms with Crippen LogP contribution in [0, 0.1) is 11.3 Å². The lowest BCUT2D eigenvalue weighted by Crippen LogP contribution is -2.45. The Kier molecular flexibility index (Phi) is 4.95. The molecule has 1 fully saturated rings. The molecule has 0 bridgehead atoms. The number of likely N-dealkylation sites (tertiary alicyclic amines) is 1. The number of aliphatic hydroxyl groups excluding tert-OH is 1. The fourth-order valence-electron chi connectivity index (χ4n) is 2.40. The van der Waals surface area contributed by atoms with Crippen molar-refractivity contribution in [3.05, 3.63) is 0 Å². The summed E-state index contributed by atoms with van der Waals surface area (Å²) < 4.78 is 0.